The second-order valence-corrected chi connectivity index (χ2v) is 5.83. The van der Waals surface area contributed by atoms with Gasteiger partial charge in [0.2, 0.25) is 0 Å². The molecule has 0 saturated carbocycles. The highest BCUT2D eigenvalue weighted by Crippen LogP contribution is 2.43. The predicted molar refractivity (Wildman–Crippen MR) is 61.6 cm³/mol. The van der Waals surface area contributed by atoms with Crippen LogP contribution in [0.25, 0.3) is 10.4 Å². The van der Waals surface area contributed by atoms with E-state index in [9.17, 15) is 0 Å². The molecule has 0 aromatic rings. The summed E-state index contributed by atoms with van der Waals surface area (Å²) in [5.74, 6) is 0. The first-order valence-electron chi connectivity index (χ1n) is 5.02. The fraction of sp³-hybridized carbons (Fsp3) is 1.00. The zero-order valence-corrected chi connectivity index (χ0v) is 10.7. The number of hydrogen-bond donors (Lipinski definition) is 0. The van der Waals surface area contributed by atoms with Crippen LogP contribution in [0.1, 0.15) is 48.5 Å². The maximum absolute atomic E-state index is 7.86. The minimum Gasteiger partial charge on any atom is -0.159 e. The highest BCUT2D eigenvalue weighted by atomic mass is 15.4. The Morgan fingerprint density at radius 2 is 1.47 bits per heavy atom. The van der Waals surface area contributed by atoms with Crippen molar-refractivity contribution >= 4 is 0 Å². The van der Waals surface area contributed by atoms with Gasteiger partial charge in [-0.25, -0.2) is 0 Å². The molecule has 5 nitrogen and oxygen atoms in total. The summed E-state index contributed by atoms with van der Waals surface area (Å²) in [6.07, 6.45) is 0. The van der Waals surface area contributed by atoms with Crippen molar-refractivity contribution in [1.29, 1.82) is 0 Å². The van der Waals surface area contributed by atoms with Gasteiger partial charge in [0.15, 0.2) is 5.66 Å². The number of rotatable bonds is 0. The molecule has 1 aliphatic heterocycles. The summed E-state index contributed by atoms with van der Waals surface area (Å²) in [4.78, 5) is 2.63. The first-order valence-corrected chi connectivity index (χ1v) is 5.02. The van der Waals surface area contributed by atoms with Crippen molar-refractivity contribution in [1.82, 2.24) is 0 Å². The minimum atomic E-state index is -0.241. The number of hydrogen-bond acceptors (Lipinski definition) is 3. The fourth-order valence-electron chi connectivity index (χ4n) is 0.509. The molecule has 0 bridgehead atoms. The molecule has 0 saturated heterocycles. The summed E-state index contributed by atoms with van der Waals surface area (Å²) < 4.78 is 0. The smallest absolute Gasteiger partial charge is 0.159 e. The van der Waals surface area contributed by atoms with Crippen molar-refractivity contribution in [3.05, 3.63) is 10.4 Å². The van der Waals surface area contributed by atoms with Crippen LogP contribution in [-0.4, -0.2) is 11.2 Å². The zero-order chi connectivity index (χ0) is 12.3. The lowest BCUT2D eigenvalue weighted by Crippen LogP contribution is -2.25. The van der Waals surface area contributed by atoms with Crippen LogP contribution in [-0.2, 0) is 0 Å². The van der Waals surface area contributed by atoms with Crippen LogP contribution >= 0.6 is 0 Å². The third kappa shape index (κ3) is 5.37. The molecule has 0 amide bonds. The molecular formula is C10H21N5. The lowest BCUT2D eigenvalue weighted by Gasteiger charge is -2.21. The monoisotopic (exact) mass is 211 g/mol. The van der Waals surface area contributed by atoms with Gasteiger partial charge in [0.05, 0.1) is 0 Å². The van der Waals surface area contributed by atoms with Gasteiger partial charge in [-0.05, 0) is 12.5 Å². The molecule has 0 fully saturated rings. The highest BCUT2D eigenvalue weighted by molar-refractivity contribution is 4.98. The second kappa shape index (κ2) is 4.19. The Bertz CT molecular complexity index is 277. The first kappa shape index (κ1) is 13.9. The fourth-order valence-corrected chi connectivity index (χ4v) is 0.509. The van der Waals surface area contributed by atoms with Gasteiger partial charge in [-0.2, -0.15) is 10.2 Å². The Kier molecular flexibility index (Phi) is 3.88. The molecule has 86 valence electrons. The lowest BCUT2D eigenvalue weighted by atomic mass is 9.85. The van der Waals surface area contributed by atoms with Crippen LogP contribution in [0.15, 0.2) is 15.3 Å². The number of azide groups is 1. The molecule has 0 radical (unpaired) electrons. The van der Waals surface area contributed by atoms with Gasteiger partial charge in [0, 0.05) is 15.9 Å². The minimum absolute atomic E-state index is 0.0625. The zero-order valence-electron chi connectivity index (χ0n) is 10.7. The highest BCUT2D eigenvalue weighted by Gasteiger charge is 2.46. The van der Waals surface area contributed by atoms with Gasteiger partial charge < -0.3 is 0 Å². The van der Waals surface area contributed by atoms with Crippen molar-refractivity contribution in [2.24, 2.45) is 20.8 Å². The van der Waals surface area contributed by atoms with E-state index in [0.717, 1.165) is 0 Å². The van der Waals surface area contributed by atoms with Crippen LogP contribution in [0.3, 0.4) is 0 Å². The van der Waals surface area contributed by atoms with Crippen molar-refractivity contribution in [3.8, 4) is 0 Å². The van der Waals surface area contributed by atoms with Gasteiger partial charge in [0.25, 0.3) is 0 Å². The molecule has 1 heterocycles. The Hall–Kier alpha value is -1.09. The third-order valence-electron chi connectivity index (χ3n) is 2.17. The molecule has 1 aliphatic rings. The van der Waals surface area contributed by atoms with Gasteiger partial charge in [-0.15, -0.1) is 0 Å². The maximum Gasteiger partial charge on any atom is 0.192 e. The van der Waals surface area contributed by atoms with E-state index in [1.807, 2.05) is 27.7 Å². The van der Waals surface area contributed by atoms with Crippen LogP contribution in [0, 0.1) is 5.41 Å². The summed E-state index contributed by atoms with van der Waals surface area (Å²) >= 11 is 0. The molecule has 0 spiro atoms. The van der Waals surface area contributed by atoms with Gasteiger partial charge in [0.1, 0.15) is 0 Å². The van der Waals surface area contributed by atoms with Gasteiger partial charge in [-0.3, -0.25) is 0 Å². The summed E-state index contributed by atoms with van der Waals surface area (Å²) in [5, 5.41) is 11.3. The van der Waals surface area contributed by atoms with E-state index < -0.39 is 0 Å². The lowest BCUT2D eigenvalue weighted by molar-refractivity contribution is 0.295. The molecule has 0 aromatic carbocycles. The quantitative estimate of drug-likeness (QED) is 0.325. The van der Waals surface area contributed by atoms with Crippen molar-refractivity contribution in [2.75, 3.05) is 0 Å². The van der Waals surface area contributed by atoms with E-state index in [2.05, 4.69) is 41.0 Å². The van der Waals surface area contributed by atoms with E-state index in [1.54, 1.807) is 0 Å². The predicted octanol–water partition coefficient (Wildman–Crippen LogP) is 4.31. The van der Waals surface area contributed by atoms with E-state index in [0.29, 0.717) is 0 Å². The molecule has 1 rings (SSSR count). The molecule has 5 heteroatoms. The maximum atomic E-state index is 7.86. The van der Waals surface area contributed by atoms with Crippen molar-refractivity contribution in [3.63, 3.8) is 0 Å². The van der Waals surface area contributed by atoms with Crippen molar-refractivity contribution < 1.29 is 0 Å². The van der Waals surface area contributed by atoms with Crippen LogP contribution in [0.2, 0.25) is 0 Å². The molecule has 0 aliphatic carbocycles. The van der Waals surface area contributed by atoms with Crippen LogP contribution in [0.5, 0.6) is 0 Å². The summed E-state index contributed by atoms with van der Waals surface area (Å²) in [6, 6.07) is 0. The topological polar surface area (TPSA) is 73.5 Å². The molecule has 0 atom stereocenters. The van der Waals surface area contributed by atoms with Crippen LogP contribution in [0.4, 0.5) is 0 Å². The number of nitrogens with zero attached hydrogens (tertiary/aromatic N) is 5. The first-order chi connectivity index (χ1) is 6.52. The average molecular weight is 211 g/mol. The average Bonchev–Trinajstić information content (AvgIpc) is 2.65. The summed E-state index contributed by atoms with van der Waals surface area (Å²) in [5.41, 5.74) is 7.77. The standard InChI is InChI=1S/C6H12N2.C4H9N3/c1-5(2,3)6(4)7-8-6;1-4(2,3)6-7-5/h1-4H3;1-3H3. The Labute approximate surface area is 91.6 Å². The van der Waals surface area contributed by atoms with E-state index >= 15 is 0 Å². The largest absolute Gasteiger partial charge is 0.192 e. The summed E-state index contributed by atoms with van der Waals surface area (Å²) in [6.45, 7) is 14.0. The van der Waals surface area contributed by atoms with Crippen molar-refractivity contribution in [2.45, 2.75) is 59.7 Å². The van der Waals surface area contributed by atoms with Gasteiger partial charge in [-0.1, -0.05) is 46.7 Å². The van der Waals surface area contributed by atoms with E-state index in [4.69, 9.17) is 5.53 Å². The second-order valence-electron chi connectivity index (χ2n) is 5.83. The molecule has 0 N–H and O–H groups in total. The van der Waals surface area contributed by atoms with Crippen LogP contribution < -0.4 is 0 Å². The summed E-state index contributed by atoms with van der Waals surface area (Å²) in [7, 11) is 0. The normalized spacial score (nSPS) is 17.3. The van der Waals surface area contributed by atoms with E-state index in [-0.39, 0.29) is 16.6 Å². The Balaban J connectivity index is 0.000000265. The Morgan fingerprint density at radius 1 is 1.07 bits per heavy atom. The molecule has 0 unspecified atom stereocenters. The Morgan fingerprint density at radius 3 is 1.47 bits per heavy atom. The third-order valence-corrected chi connectivity index (χ3v) is 2.17. The molecule has 0 aromatic heterocycles. The molecule has 15 heavy (non-hydrogen) atoms. The van der Waals surface area contributed by atoms with Gasteiger partial charge >= 0.3 is 0 Å². The van der Waals surface area contributed by atoms with E-state index in [1.165, 1.54) is 0 Å². The SMILES string of the molecule is CC(C)(C)C1(C)N=N1.CC(C)(C)N=[N+]=[N-]. The molecular weight excluding hydrogens is 190 g/mol.